The number of hydrogen-bond acceptors (Lipinski definition) is 3. The Labute approximate surface area is 112 Å². The quantitative estimate of drug-likeness (QED) is 0.918. The largest absolute Gasteiger partial charge is 0.306 e. The second-order valence-electron chi connectivity index (χ2n) is 5.67. The molecule has 0 unspecified atom stereocenters. The van der Waals surface area contributed by atoms with E-state index < -0.39 is 0 Å². The summed E-state index contributed by atoms with van der Waals surface area (Å²) >= 11 is 1.71. The Balaban J connectivity index is 1.76. The highest BCUT2D eigenvalue weighted by Crippen LogP contribution is 2.28. The summed E-state index contributed by atoms with van der Waals surface area (Å²) in [4.78, 5) is 5.71. The SMILES string of the molecule is Cc1nc2sccn2c1CNC1(C)CCCCC1. The van der Waals surface area contributed by atoms with Gasteiger partial charge in [-0.3, -0.25) is 4.40 Å². The molecule has 0 atom stereocenters. The van der Waals surface area contributed by atoms with E-state index >= 15 is 0 Å². The highest BCUT2D eigenvalue weighted by molar-refractivity contribution is 7.15. The third-order valence-electron chi connectivity index (χ3n) is 4.20. The van der Waals surface area contributed by atoms with Crippen molar-refractivity contribution in [2.45, 2.75) is 58.0 Å². The molecule has 0 aromatic carbocycles. The van der Waals surface area contributed by atoms with Crippen molar-refractivity contribution in [2.24, 2.45) is 0 Å². The lowest BCUT2D eigenvalue weighted by molar-refractivity contribution is 0.251. The zero-order valence-electron chi connectivity index (χ0n) is 11.2. The van der Waals surface area contributed by atoms with E-state index in [1.807, 2.05) is 0 Å². The van der Waals surface area contributed by atoms with Gasteiger partial charge in [0.05, 0.1) is 11.4 Å². The molecule has 0 radical (unpaired) electrons. The van der Waals surface area contributed by atoms with Gasteiger partial charge in [-0.05, 0) is 26.7 Å². The van der Waals surface area contributed by atoms with Crippen LogP contribution >= 0.6 is 11.3 Å². The monoisotopic (exact) mass is 263 g/mol. The average molecular weight is 263 g/mol. The summed E-state index contributed by atoms with van der Waals surface area (Å²) in [5, 5.41) is 5.87. The summed E-state index contributed by atoms with van der Waals surface area (Å²) < 4.78 is 2.22. The van der Waals surface area contributed by atoms with Crippen molar-refractivity contribution in [3.8, 4) is 0 Å². The predicted molar refractivity (Wildman–Crippen MR) is 76.1 cm³/mol. The maximum absolute atomic E-state index is 4.60. The van der Waals surface area contributed by atoms with Crippen LogP contribution in [0.15, 0.2) is 11.6 Å². The average Bonchev–Trinajstić information content (AvgIpc) is 2.88. The molecule has 0 aliphatic heterocycles. The summed E-state index contributed by atoms with van der Waals surface area (Å²) in [7, 11) is 0. The summed E-state index contributed by atoms with van der Waals surface area (Å²) in [6.07, 6.45) is 8.86. The van der Waals surface area contributed by atoms with Gasteiger partial charge in [0.1, 0.15) is 0 Å². The molecule has 3 nitrogen and oxygen atoms in total. The lowest BCUT2D eigenvalue weighted by Gasteiger charge is -2.34. The van der Waals surface area contributed by atoms with Gasteiger partial charge >= 0.3 is 0 Å². The molecule has 2 heterocycles. The van der Waals surface area contributed by atoms with Crippen LogP contribution in [0.1, 0.15) is 50.4 Å². The van der Waals surface area contributed by atoms with Crippen molar-refractivity contribution in [1.29, 1.82) is 0 Å². The van der Waals surface area contributed by atoms with Crippen LogP contribution in [0.5, 0.6) is 0 Å². The van der Waals surface area contributed by atoms with Crippen LogP contribution in [0, 0.1) is 6.92 Å². The summed E-state index contributed by atoms with van der Waals surface area (Å²) in [6, 6.07) is 0. The van der Waals surface area contributed by atoms with E-state index in [9.17, 15) is 0 Å². The molecule has 2 aromatic rings. The summed E-state index contributed by atoms with van der Waals surface area (Å²) in [5.41, 5.74) is 2.80. The van der Waals surface area contributed by atoms with Crippen molar-refractivity contribution in [3.05, 3.63) is 23.0 Å². The van der Waals surface area contributed by atoms with Crippen LogP contribution in [-0.2, 0) is 6.54 Å². The number of nitrogens with zero attached hydrogens (tertiary/aromatic N) is 2. The molecule has 98 valence electrons. The molecule has 1 aliphatic carbocycles. The Morgan fingerprint density at radius 2 is 2.17 bits per heavy atom. The second kappa shape index (κ2) is 4.67. The highest BCUT2D eigenvalue weighted by Gasteiger charge is 2.26. The number of thiazole rings is 1. The van der Waals surface area contributed by atoms with Crippen molar-refractivity contribution in [3.63, 3.8) is 0 Å². The number of rotatable bonds is 3. The zero-order chi connectivity index (χ0) is 12.6. The van der Waals surface area contributed by atoms with E-state index in [0.717, 1.165) is 17.2 Å². The molecule has 3 rings (SSSR count). The standard InChI is InChI=1S/C14H21N3S/c1-11-12(17-8-9-18-13(17)16-11)10-15-14(2)6-4-3-5-7-14/h8-9,15H,3-7,10H2,1-2H3. The number of imidazole rings is 1. The van der Waals surface area contributed by atoms with E-state index in [4.69, 9.17) is 0 Å². The third kappa shape index (κ3) is 2.19. The van der Waals surface area contributed by atoms with Gasteiger partial charge in [0.25, 0.3) is 0 Å². The Morgan fingerprint density at radius 3 is 2.94 bits per heavy atom. The van der Waals surface area contributed by atoms with Gasteiger partial charge in [-0.1, -0.05) is 19.3 Å². The molecule has 0 saturated heterocycles. The molecule has 18 heavy (non-hydrogen) atoms. The minimum atomic E-state index is 0.324. The van der Waals surface area contributed by atoms with Crippen LogP contribution < -0.4 is 5.32 Å². The fourth-order valence-electron chi connectivity index (χ4n) is 2.96. The van der Waals surface area contributed by atoms with E-state index in [-0.39, 0.29) is 0 Å². The molecular formula is C14H21N3S. The van der Waals surface area contributed by atoms with Gasteiger partial charge in [0.2, 0.25) is 0 Å². The van der Waals surface area contributed by atoms with Crippen LogP contribution in [0.25, 0.3) is 4.96 Å². The Kier molecular flexibility index (Phi) is 3.16. The van der Waals surface area contributed by atoms with Gasteiger partial charge in [0, 0.05) is 23.7 Å². The molecule has 0 bridgehead atoms. The number of fused-ring (bicyclic) bond motifs is 1. The molecule has 1 fully saturated rings. The Bertz CT molecular complexity index is 534. The van der Waals surface area contributed by atoms with E-state index in [0.29, 0.717) is 5.54 Å². The molecule has 1 saturated carbocycles. The van der Waals surface area contributed by atoms with Crippen molar-refractivity contribution >= 4 is 16.3 Å². The van der Waals surface area contributed by atoms with Gasteiger partial charge in [-0.2, -0.15) is 0 Å². The minimum absolute atomic E-state index is 0.324. The van der Waals surface area contributed by atoms with Crippen LogP contribution in [-0.4, -0.2) is 14.9 Å². The molecule has 1 N–H and O–H groups in total. The minimum Gasteiger partial charge on any atom is -0.306 e. The first-order valence-corrected chi connectivity index (χ1v) is 7.72. The second-order valence-corrected chi connectivity index (χ2v) is 6.55. The van der Waals surface area contributed by atoms with E-state index in [2.05, 4.69) is 40.1 Å². The summed E-state index contributed by atoms with van der Waals surface area (Å²) in [6.45, 7) is 5.41. The lowest BCUT2D eigenvalue weighted by Crippen LogP contribution is -2.43. The van der Waals surface area contributed by atoms with Gasteiger partial charge in [-0.15, -0.1) is 11.3 Å². The van der Waals surface area contributed by atoms with Crippen molar-refractivity contribution in [1.82, 2.24) is 14.7 Å². The van der Waals surface area contributed by atoms with Crippen LogP contribution in [0.2, 0.25) is 0 Å². The molecule has 0 amide bonds. The molecule has 4 heteroatoms. The first-order chi connectivity index (χ1) is 8.68. The van der Waals surface area contributed by atoms with E-state index in [1.54, 1.807) is 11.3 Å². The number of aryl methyl sites for hydroxylation is 1. The summed E-state index contributed by atoms with van der Waals surface area (Å²) in [5.74, 6) is 0. The fourth-order valence-corrected chi connectivity index (χ4v) is 3.74. The predicted octanol–water partition coefficient (Wildman–Crippen LogP) is 3.52. The smallest absolute Gasteiger partial charge is 0.194 e. The Hall–Kier alpha value is -0.870. The van der Waals surface area contributed by atoms with Crippen LogP contribution in [0.4, 0.5) is 0 Å². The van der Waals surface area contributed by atoms with Gasteiger partial charge in [0.15, 0.2) is 4.96 Å². The maximum atomic E-state index is 4.60. The number of aromatic nitrogens is 2. The topological polar surface area (TPSA) is 29.3 Å². The van der Waals surface area contributed by atoms with Crippen LogP contribution in [0.3, 0.4) is 0 Å². The molecular weight excluding hydrogens is 242 g/mol. The van der Waals surface area contributed by atoms with Gasteiger partial charge in [-0.25, -0.2) is 4.98 Å². The van der Waals surface area contributed by atoms with E-state index in [1.165, 1.54) is 37.8 Å². The Morgan fingerprint density at radius 1 is 1.39 bits per heavy atom. The highest BCUT2D eigenvalue weighted by atomic mass is 32.1. The normalized spacial score (nSPS) is 19.4. The fraction of sp³-hybridized carbons (Fsp3) is 0.643. The number of hydrogen-bond donors (Lipinski definition) is 1. The number of nitrogens with one attached hydrogen (secondary N) is 1. The third-order valence-corrected chi connectivity index (χ3v) is 4.96. The van der Waals surface area contributed by atoms with Crippen molar-refractivity contribution < 1.29 is 0 Å². The maximum Gasteiger partial charge on any atom is 0.194 e. The van der Waals surface area contributed by atoms with Crippen molar-refractivity contribution in [2.75, 3.05) is 0 Å². The first-order valence-electron chi connectivity index (χ1n) is 6.84. The lowest BCUT2D eigenvalue weighted by atomic mass is 9.83. The first kappa shape index (κ1) is 12.2. The molecule has 1 aliphatic rings. The molecule has 0 spiro atoms. The molecule has 2 aromatic heterocycles. The van der Waals surface area contributed by atoms with Gasteiger partial charge < -0.3 is 5.32 Å². The zero-order valence-corrected chi connectivity index (χ0v) is 12.0.